The van der Waals surface area contributed by atoms with Gasteiger partial charge in [-0.25, -0.2) is 0 Å². The van der Waals surface area contributed by atoms with Crippen molar-refractivity contribution in [3.8, 4) is 11.5 Å². The van der Waals surface area contributed by atoms with Crippen LogP contribution in [0.25, 0.3) is 0 Å². The first-order valence-electron chi connectivity index (χ1n) is 8.92. The summed E-state index contributed by atoms with van der Waals surface area (Å²) >= 11 is 5.95. The van der Waals surface area contributed by atoms with Crippen LogP contribution in [-0.4, -0.2) is 35.4 Å². The molecule has 31 heavy (non-hydrogen) atoms. The van der Waals surface area contributed by atoms with Crippen molar-refractivity contribution in [1.29, 1.82) is 0 Å². The van der Waals surface area contributed by atoms with E-state index in [1.54, 1.807) is 30.3 Å². The predicted molar refractivity (Wildman–Crippen MR) is 96.1 cm³/mol. The summed E-state index contributed by atoms with van der Waals surface area (Å²) in [6.07, 6.45) is 0.282. The van der Waals surface area contributed by atoms with Crippen molar-refractivity contribution in [3.05, 3.63) is 58.1 Å². The molecule has 2 aromatic rings. The number of benzene rings is 2. The van der Waals surface area contributed by atoms with Crippen LogP contribution in [-0.2, 0) is 22.4 Å². The average Bonchev–Trinajstić information content (AvgIpc) is 3.27. The summed E-state index contributed by atoms with van der Waals surface area (Å²) in [6.45, 7) is 0.278. The van der Waals surface area contributed by atoms with Crippen molar-refractivity contribution in [3.63, 3.8) is 0 Å². The van der Waals surface area contributed by atoms with Crippen LogP contribution in [0.5, 0.6) is 11.5 Å². The third kappa shape index (κ3) is 5.08. The minimum atomic E-state index is -2.99. The van der Waals surface area contributed by atoms with E-state index in [1.807, 2.05) is 0 Å². The SMILES string of the molecule is O=C([O-])C1(C(=O)[O-])Oc2ccc3c(c2O1)C[C@H](NC[C@H](O)c1cccc(Cl)c1)C3.[Na+].[Na+]. The molecule has 152 valence electrons. The maximum Gasteiger partial charge on any atom is 1.00 e. The smallest absolute Gasteiger partial charge is 0.542 e. The van der Waals surface area contributed by atoms with Gasteiger partial charge in [-0.3, -0.25) is 0 Å². The molecular formula is C20H16ClNNa2O7. The van der Waals surface area contributed by atoms with Gasteiger partial charge in [0.1, 0.15) is 11.9 Å². The molecule has 2 aliphatic rings. The summed E-state index contributed by atoms with van der Waals surface area (Å²) in [6, 6.07) is 10.1. The first-order chi connectivity index (χ1) is 13.8. The standard InChI is InChI=1S/C20H18ClNO7.2Na/c21-12-3-1-2-11(6-12)15(23)9-22-13-7-10-4-5-16-17(14(10)8-13)29-20(28-16,18(24)25)19(26)27;;/h1-6,13,15,22-23H,7-9H2,(H,24,25)(H,26,27);;/q;2*+1/p-2/t13-,15+;;/m1../s1. The van der Waals surface area contributed by atoms with Crippen LogP contribution in [0.3, 0.4) is 0 Å². The van der Waals surface area contributed by atoms with Gasteiger partial charge in [0, 0.05) is 23.2 Å². The number of aliphatic hydroxyl groups is 1. The number of aliphatic hydroxyl groups excluding tert-OH is 1. The van der Waals surface area contributed by atoms with E-state index >= 15 is 0 Å². The van der Waals surface area contributed by atoms with Gasteiger partial charge >= 0.3 is 64.9 Å². The molecule has 1 heterocycles. The molecule has 0 aromatic heterocycles. The molecule has 0 bridgehead atoms. The zero-order chi connectivity index (χ0) is 20.8. The van der Waals surface area contributed by atoms with Gasteiger partial charge in [-0.05, 0) is 42.2 Å². The number of fused-ring (bicyclic) bond motifs is 3. The van der Waals surface area contributed by atoms with Crippen LogP contribution < -0.4 is 84.1 Å². The van der Waals surface area contributed by atoms with E-state index in [0.29, 0.717) is 29.0 Å². The molecule has 2 atom stereocenters. The fourth-order valence-corrected chi connectivity index (χ4v) is 3.86. The number of ether oxygens (including phenoxy) is 2. The zero-order valence-electron chi connectivity index (χ0n) is 17.0. The molecular weight excluding hydrogens is 448 g/mol. The Morgan fingerprint density at radius 3 is 2.52 bits per heavy atom. The molecule has 2 aromatic carbocycles. The van der Waals surface area contributed by atoms with Crippen molar-refractivity contribution < 1.29 is 93.5 Å². The van der Waals surface area contributed by atoms with Crippen molar-refractivity contribution in [2.24, 2.45) is 0 Å². The molecule has 0 radical (unpaired) electrons. The van der Waals surface area contributed by atoms with Crippen molar-refractivity contribution in [2.75, 3.05) is 6.54 Å². The quantitative estimate of drug-likeness (QED) is 0.319. The maximum absolute atomic E-state index is 11.3. The summed E-state index contributed by atoms with van der Waals surface area (Å²) in [5.41, 5.74) is 2.21. The Balaban J connectivity index is 0.00000171. The summed E-state index contributed by atoms with van der Waals surface area (Å²) in [5, 5.41) is 36.8. The van der Waals surface area contributed by atoms with Gasteiger partial charge < -0.3 is 39.7 Å². The predicted octanol–water partition coefficient (Wildman–Crippen LogP) is -6.89. The van der Waals surface area contributed by atoms with E-state index in [-0.39, 0.29) is 83.2 Å². The second-order valence-corrected chi connectivity index (χ2v) is 7.45. The Morgan fingerprint density at radius 1 is 1.16 bits per heavy atom. The molecule has 1 aliphatic heterocycles. The van der Waals surface area contributed by atoms with E-state index in [1.165, 1.54) is 6.07 Å². The molecule has 11 heteroatoms. The van der Waals surface area contributed by atoms with E-state index < -0.39 is 23.8 Å². The molecule has 0 saturated carbocycles. The number of aliphatic carboxylic acids is 2. The van der Waals surface area contributed by atoms with Crippen LogP contribution in [0.1, 0.15) is 22.8 Å². The second kappa shape index (κ2) is 10.4. The summed E-state index contributed by atoms with van der Waals surface area (Å²) < 4.78 is 10.2. The van der Waals surface area contributed by atoms with Gasteiger partial charge in [-0.2, -0.15) is 0 Å². The molecule has 0 saturated heterocycles. The Morgan fingerprint density at radius 2 is 1.87 bits per heavy atom. The molecule has 2 N–H and O–H groups in total. The third-order valence-corrected chi connectivity index (χ3v) is 5.34. The number of hydrogen-bond acceptors (Lipinski definition) is 8. The van der Waals surface area contributed by atoms with E-state index in [2.05, 4.69) is 5.32 Å². The third-order valence-electron chi connectivity index (χ3n) is 5.11. The van der Waals surface area contributed by atoms with Crippen molar-refractivity contribution in [2.45, 2.75) is 30.8 Å². The number of nitrogens with one attached hydrogen (secondary N) is 1. The van der Waals surface area contributed by atoms with Gasteiger partial charge in [-0.15, -0.1) is 0 Å². The topological polar surface area (TPSA) is 131 Å². The maximum atomic E-state index is 11.3. The average molecular weight is 464 g/mol. The number of rotatable bonds is 6. The fraction of sp³-hybridized carbons (Fsp3) is 0.300. The minimum Gasteiger partial charge on any atom is -0.542 e. The van der Waals surface area contributed by atoms with Gasteiger partial charge in [0.15, 0.2) is 11.5 Å². The molecule has 0 spiro atoms. The largest absolute Gasteiger partial charge is 1.00 e. The fourth-order valence-electron chi connectivity index (χ4n) is 3.66. The van der Waals surface area contributed by atoms with Crippen molar-refractivity contribution >= 4 is 23.5 Å². The Hall–Kier alpha value is -0.810. The molecule has 8 nitrogen and oxygen atoms in total. The number of hydrogen-bond donors (Lipinski definition) is 2. The van der Waals surface area contributed by atoms with E-state index in [0.717, 1.165) is 5.56 Å². The van der Waals surface area contributed by atoms with Crippen LogP contribution in [0, 0.1) is 0 Å². The molecule has 0 amide bonds. The van der Waals surface area contributed by atoms with Gasteiger partial charge in [0.25, 0.3) is 0 Å². The summed E-state index contributed by atoms with van der Waals surface area (Å²) in [5.74, 6) is -7.00. The van der Waals surface area contributed by atoms with Crippen molar-refractivity contribution in [1.82, 2.24) is 5.32 Å². The van der Waals surface area contributed by atoms with Crippen LogP contribution in [0.15, 0.2) is 36.4 Å². The van der Waals surface area contributed by atoms with Gasteiger partial charge in [0.05, 0.1) is 6.10 Å². The monoisotopic (exact) mass is 463 g/mol. The Labute approximate surface area is 227 Å². The number of carboxylic acids is 2. The van der Waals surface area contributed by atoms with Gasteiger partial charge in [0.2, 0.25) is 0 Å². The number of carbonyl (C=O) groups excluding carboxylic acids is 2. The summed E-state index contributed by atoms with van der Waals surface area (Å²) in [4.78, 5) is 22.6. The van der Waals surface area contributed by atoms with E-state index in [9.17, 15) is 24.9 Å². The van der Waals surface area contributed by atoms with Crippen LogP contribution in [0.2, 0.25) is 5.02 Å². The van der Waals surface area contributed by atoms with Gasteiger partial charge in [-0.1, -0.05) is 29.8 Å². The Bertz CT molecular complexity index is 989. The number of halogens is 1. The number of carboxylic acid groups (broad SMARTS) is 2. The zero-order valence-corrected chi connectivity index (χ0v) is 21.8. The number of carbonyl (C=O) groups is 2. The normalized spacial score (nSPS) is 18.3. The van der Waals surface area contributed by atoms with E-state index in [4.69, 9.17) is 21.1 Å². The molecule has 0 fully saturated rings. The molecule has 1 aliphatic carbocycles. The Kier molecular flexibility index (Phi) is 8.89. The second-order valence-electron chi connectivity index (χ2n) is 7.01. The first-order valence-corrected chi connectivity index (χ1v) is 9.30. The minimum absolute atomic E-state index is 0. The van der Waals surface area contributed by atoms with Crippen LogP contribution >= 0.6 is 11.6 Å². The first kappa shape index (κ1) is 26.4. The molecule has 0 unspecified atom stereocenters. The van der Waals surface area contributed by atoms with Crippen LogP contribution in [0.4, 0.5) is 0 Å². The molecule has 4 rings (SSSR count). The summed E-state index contributed by atoms with van der Waals surface area (Å²) in [7, 11) is 0.